The first-order chi connectivity index (χ1) is 10.8. The number of carbonyl (C=O) groups excluding carboxylic acids is 1. The van der Waals surface area contributed by atoms with Crippen LogP contribution in [0.5, 0.6) is 5.88 Å². The Bertz CT molecular complexity index is 508. The lowest BCUT2D eigenvalue weighted by Crippen LogP contribution is -2.41. The van der Waals surface area contributed by atoms with Gasteiger partial charge in [-0.15, -0.1) is 10.2 Å². The Balaban J connectivity index is 1.66. The summed E-state index contributed by atoms with van der Waals surface area (Å²) in [4.78, 5) is 13.8. The van der Waals surface area contributed by atoms with Crippen LogP contribution in [0.1, 0.15) is 40.0 Å². The summed E-state index contributed by atoms with van der Waals surface area (Å²) in [6.45, 7) is 7.71. The van der Waals surface area contributed by atoms with Gasteiger partial charge in [0.25, 0.3) is 0 Å². The van der Waals surface area contributed by atoms with Crippen molar-refractivity contribution in [2.24, 2.45) is 5.92 Å². The van der Waals surface area contributed by atoms with Crippen molar-refractivity contribution in [2.75, 3.05) is 19.7 Å². The van der Waals surface area contributed by atoms with Crippen molar-refractivity contribution in [3.8, 4) is 5.88 Å². The topological polar surface area (TPSA) is 64.5 Å². The fourth-order valence-electron chi connectivity index (χ4n) is 2.44. The van der Waals surface area contributed by atoms with Gasteiger partial charge in [0.15, 0.2) is 5.15 Å². The molecular formula is C16H24ClN3O3. The second-order valence-corrected chi connectivity index (χ2v) is 7.13. The number of amides is 1. The Labute approximate surface area is 142 Å². The van der Waals surface area contributed by atoms with Crippen LogP contribution in [0.25, 0.3) is 0 Å². The smallest absolute Gasteiger partial charge is 0.410 e. The van der Waals surface area contributed by atoms with Crippen molar-refractivity contribution in [1.82, 2.24) is 15.1 Å². The van der Waals surface area contributed by atoms with E-state index in [1.54, 1.807) is 17.0 Å². The third-order valence-corrected chi connectivity index (χ3v) is 3.85. The number of halogens is 1. The lowest BCUT2D eigenvalue weighted by molar-refractivity contribution is 0.0177. The third-order valence-electron chi connectivity index (χ3n) is 3.65. The molecule has 1 amide bonds. The Morgan fingerprint density at radius 2 is 2.00 bits per heavy atom. The van der Waals surface area contributed by atoms with E-state index in [0.717, 1.165) is 32.4 Å². The summed E-state index contributed by atoms with van der Waals surface area (Å²) in [6.07, 6.45) is 2.65. The van der Waals surface area contributed by atoms with Crippen LogP contribution in [0.4, 0.5) is 4.79 Å². The van der Waals surface area contributed by atoms with Gasteiger partial charge in [-0.3, -0.25) is 0 Å². The van der Waals surface area contributed by atoms with Gasteiger partial charge in [0.05, 0.1) is 6.61 Å². The summed E-state index contributed by atoms with van der Waals surface area (Å²) in [7, 11) is 0. The Morgan fingerprint density at radius 1 is 1.30 bits per heavy atom. The first kappa shape index (κ1) is 17.8. The van der Waals surface area contributed by atoms with Crippen LogP contribution in [-0.4, -0.2) is 46.5 Å². The van der Waals surface area contributed by atoms with Crippen LogP contribution in [0.3, 0.4) is 0 Å². The molecule has 2 rings (SSSR count). The highest BCUT2D eigenvalue weighted by Crippen LogP contribution is 2.22. The highest BCUT2D eigenvalue weighted by Gasteiger charge is 2.26. The maximum absolute atomic E-state index is 12.0. The molecule has 0 spiro atoms. The zero-order valence-electron chi connectivity index (χ0n) is 13.9. The second kappa shape index (κ2) is 7.81. The maximum Gasteiger partial charge on any atom is 0.410 e. The van der Waals surface area contributed by atoms with Gasteiger partial charge in [-0.2, -0.15) is 0 Å². The van der Waals surface area contributed by atoms with Crippen molar-refractivity contribution in [1.29, 1.82) is 0 Å². The molecule has 0 atom stereocenters. The Kier molecular flexibility index (Phi) is 6.04. The summed E-state index contributed by atoms with van der Waals surface area (Å²) < 4.78 is 11.0. The molecule has 128 valence electrons. The molecule has 2 heterocycles. The standard InChI is InChI=1S/C16H24ClN3O3/c1-16(2,3)23-15(21)20-9-6-12(7-10-20)8-11-22-14-5-4-13(17)18-19-14/h4-5,12H,6-11H2,1-3H3. The molecule has 7 heteroatoms. The van der Waals surface area contributed by atoms with Gasteiger partial charge in [-0.25, -0.2) is 4.79 Å². The van der Waals surface area contributed by atoms with Gasteiger partial charge in [0, 0.05) is 19.2 Å². The molecule has 23 heavy (non-hydrogen) atoms. The molecule has 1 aromatic rings. The van der Waals surface area contributed by atoms with Gasteiger partial charge in [-0.05, 0) is 52.0 Å². The van der Waals surface area contributed by atoms with Crippen LogP contribution in [-0.2, 0) is 4.74 Å². The first-order valence-corrected chi connectivity index (χ1v) is 8.31. The molecule has 6 nitrogen and oxygen atoms in total. The largest absolute Gasteiger partial charge is 0.477 e. The number of ether oxygens (including phenoxy) is 2. The van der Waals surface area contributed by atoms with Crippen molar-refractivity contribution in [3.63, 3.8) is 0 Å². The molecular weight excluding hydrogens is 318 g/mol. The van der Waals surface area contributed by atoms with Crippen LogP contribution in [0.15, 0.2) is 12.1 Å². The van der Waals surface area contributed by atoms with E-state index in [4.69, 9.17) is 21.1 Å². The summed E-state index contributed by atoms with van der Waals surface area (Å²) in [5.74, 6) is 1.04. The van der Waals surface area contributed by atoms with Crippen molar-refractivity contribution in [3.05, 3.63) is 17.3 Å². The maximum atomic E-state index is 12.0. The fraction of sp³-hybridized carbons (Fsp3) is 0.688. The Morgan fingerprint density at radius 3 is 2.57 bits per heavy atom. The summed E-state index contributed by atoms with van der Waals surface area (Å²) in [5, 5.41) is 7.95. The molecule has 1 aliphatic rings. The molecule has 1 aliphatic heterocycles. The number of hydrogen-bond donors (Lipinski definition) is 0. The van der Waals surface area contributed by atoms with Crippen LogP contribution in [0, 0.1) is 5.92 Å². The highest BCUT2D eigenvalue weighted by atomic mass is 35.5. The average Bonchev–Trinajstić information content (AvgIpc) is 2.48. The van der Waals surface area contributed by atoms with E-state index in [9.17, 15) is 4.79 Å². The van der Waals surface area contributed by atoms with Gasteiger partial charge >= 0.3 is 6.09 Å². The monoisotopic (exact) mass is 341 g/mol. The summed E-state index contributed by atoms with van der Waals surface area (Å²) >= 11 is 5.68. The summed E-state index contributed by atoms with van der Waals surface area (Å²) in [6, 6.07) is 3.36. The molecule has 0 bridgehead atoms. The summed E-state index contributed by atoms with van der Waals surface area (Å²) in [5.41, 5.74) is -0.443. The molecule has 0 unspecified atom stereocenters. The number of carbonyl (C=O) groups is 1. The van der Waals surface area contributed by atoms with Gasteiger partial charge in [0.2, 0.25) is 5.88 Å². The van der Waals surface area contributed by atoms with Crippen LogP contribution < -0.4 is 4.74 Å². The Hall–Kier alpha value is -1.56. The van der Waals surface area contributed by atoms with Crippen LogP contribution >= 0.6 is 11.6 Å². The molecule has 0 aliphatic carbocycles. The highest BCUT2D eigenvalue weighted by molar-refractivity contribution is 6.29. The number of rotatable bonds is 4. The average molecular weight is 342 g/mol. The quantitative estimate of drug-likeness (QED) is 0.838. The zero-order chi connectivity index (χ0) is 16.9. The number of aromatic nitrogens is 2. The van der Waals surface area contributed by atoms with E-state index in [-0.39, 0.29) is 6.09 Å². The van der Waals surface area contributed by atoms with Crippen LogP contribution in [0.2, 0.25) is 5.15 Å². The van der Waals surface area contributed by atoms with E-state index < -0.39 is 5.60 Å². The molecule has 0 aromatic carbocycles. The number of piperidine rings is 1. The van der Waals surface area contributed by atoms with Gasteiger partial charge in [-0.1, -0.05) is 11.6 Å². The SMILES string of the molecule is CC(C)(C)OC(=O)N1CCC(CCOc2ccc(Cl)nn2)CC1. The molecule has 0 radical (unpaired) electrons. The minimum atomic E-state index is -0.443. The molecule has 0 saturated carbocycles. The number of nitrogens with zero attached hydrogens (tertiary/aromatic N) is 3. The van der Waals surface area contributed by atoms with E-state index >= 15 is 0 Å². The van der Waals surface area contributed by atoms with E-state index in [1.807, 2.05) is 20.8 Å². The fourth-order valence-corrected chi connectivity index (χ4v) is 2.54. The molecule has 0 N–H and O–H groups in total. The van der Waals surface area contributed by atoms with Crippen molar-refractivity contribution in [2.45, 2.75) is 45.6 Å². The lowest BCUT2D eigenvalue weighted by Gasteiger charge is -2.33. The minimum absolute atomic E-state index is 0.219. The number of hydrogen-bond acceptors (Lipinski definition) is 5. The lowest BCUT2D eigenvalue weighted by atomic mass is 9.94. The van der Waals surface area contributed by atoms with E-state index in [2.05, 4.69) is 10.2 Å². The zero-order valence-corrected chi connectivity index (χ0v) is 14.7. The molecule has 1 saturated heterocycles. The normalized spacial score (nSPS) is 16.3. The van der Waals surface area contributed by atoms with Gasteiger partial charge in [0.1, 0.15) is 5.60 Å². The molecule has 1 aromatic heterocycles. The second-order valence-electron chi connectivity index (χ2n) is 6.74. The third kappa shape index (κ3) is 6.22. The van der Waals surface area contributed by atoms with Crippen molar-refractivity contribution >= 4 is 17.7 Å². The van der Waals surface area contributed by atoms with Gasteiger partial charge < -0.3 is 14.4 Å². The minimum Gasteiger partial charge on any atom is -0.477 e. The number of likely N-dealkylation sites (tertiary alicyclic amines) is 1. The van der Waals surface area contributed by atoms with E-state index in [1.165, 1.54) is 0 Å². The van der Waals surface area contributed by atoms with Crippen molar-refractivity contribution < 1.29 is 14.3 Å². The predicted octanol–water partition coefficient (Wildman–Crippen LogP) is 3.55. The molecule has 1 fully saturated rings. The first-order valence-electron chi connectivity index (χ1n) is 7.93. The van der Waals surface area contributed by atoms with E-state index in [0.29, 0.717) is 23.6 Å². The predicted molar refractivity (Wildman–Crippen MR) is 87.7 cm³/mol.